The third-order valence-electron chi connectivity index (χ3n) is 3.21. The van der Waals surface area contributed by atoms with Crippen molar-refractivity contribution in [2.45, 2.75) is 0 Å². The normalized spacial score (nSPS) is 10.5. The van der Waals surface area contributed by atoms with Crippen molar-refractivity contribution in [2.24, 2.45) is 0 Å². The molecule has 98 valence electrons. The molecule has 0 bridgehead atoms. The molecule has 0 aliphatic carbocycles. The van der Waals surface area contributed by atoms with Gasteiger partial charge in [0.1, 0.15) is 0 Å². The fourth-order valence-corrected chi connectivity index (χ4v) is 2.84. The third kappa shape index (κ3) is 2.79. The first-order valence-electron chi connectivity index (χ1n) is 6.35. The van der Waals surface area contributed by atoms with Crippen LogP contribution in [0.3, 0.4) is 0 Å². The maximum atomic E-state index is 6.34. The maximum absolute atomic E-state index is 6.34. The molecule has 0 atom stereocenters. The van der Waals surface area contributed by atoms with E-state index in [0.717, 1.165) is 26.2 Å². The lowest BCUT2D eigenvalue weighted by molar-refractivity contribution is 1.57. The van der Waals surface area contributed by atoms with Gasteiger partial charge in [-0.1, -0.05) is 76.1 Å². The average Bonchev–Trinajstić information content (AvgIpc) is 2.48. The zero-order chi connectivity index (χ0) is 13.9. The van der Waals surface area contributed by atoms with E-state index in [9.17, 15) is 0 Å². The minimum absolute atomic E-state index is 0.773. The van der Waals surface area contributed by atoms with Gasteiger partial charge >= 0.3 is 0 Å². The molecule has 3 aromatic rings. The highest BCUT2D eigenvalue weighted by Crippen LogP contribution is 2.33. The summed E-state index contributed by atoms with van der Waals surface area (Å²) in [5.74, 6) is 0. The number of hydrogen-bond acceptors (Lipinski definition) is 0. The predicted molar refractivity (Wildman–Crippen MR) is 90.0 cm³/mol. The Labute approximate surface area is 132 Å². The molecule has 0 aliphatic heterocycles. The van der Waals surface area contributed by atoms with Gasteiger partial charge in [0.25, 0.3) is 0 Å². The van der Waals surface area contributed by atoms with Crippen molar-refractivity contribution < 1.29 is 0 Å². The molecular weight excluding hydrogens is 332 g/mol. The highest BCUT2D eigenvalue weighted by atomic mass is 79.9. The van der Waals surface area contributed by atoms with Gasteiger partial charge < -0.3 is 0 Å². The van der Waals surface area contributed by atoms with Crippen molar-refractivity contribution in [3.05, 3.63) is 82.3 Å². The molecule has 0 spiro atoms. The van der Waals surface area contributed by atoms with Gasteiger partial charge in [-0.15, -0.1) is 0 Å². The molecule has 0 aromatic heterocycles. The third-order valence-corrected chi connectivity index (χ3v) is 4.03. The summed E-state index contributed by atoms with van der Waals surface area (Å²) in [5, 5.41) is 0.773. The molecule has 0 fully saturated rings. The van der Waals surface area contributed by atoms with Crippen LogP contribution in [-0.2, 0) is 0 Å². The van der Waals surface area contributed by atoms with Crippen LogP contribution in [0, 0.1) is 0 Å². The molecule has 0 saturated heterocycles. The Bertz CT molecular complexity index is 735. The molecule has 3 aromatic carbocycles. The van der Waals surface area contributed by atoms with Crippen molar-refractivity contribution in [3.63, 3.8) is 0 Å². The van der Waals surface area contributed by atoms with E-state index in [1.54, 1.807) is 0 Å². The second-order valence-electron chi connectivity index (χ2n) is 4.57. The van der Waals surface area contributed by atoms with Crippen LogP contribution >= 0.6 is 27.5 Å². The topological polar surface area (TPSA) is 0 Å². The molecule has 0 amide bonds. The second kappa shape index (κ2) is 5.82. The van der Waals surface area contributed by atoms with Crippen molar-refractivity contribution in [3.8, 4) is 22.3 Å². The minimum Gasteiger partial charge on any atom is -0.0837 e. The number of benzene rings is 3. The van der Waals surface area contributed by atoms with Crippen molar-refractivity contribution in [2.75, 3.05) is 0 Å². The van der Waals surface area contributed by atoms with Gasteiger partial charge in [-0.3, -0.25) is 0 Å². The van der Waals surface area contributed by atoms with Crippen LogP contribution in [0.15, 0.2) is 77.3 Å². The molecule has 0 unspecified atom stereocenters. The lowest BCUT2D eigenvalue weighted by Gasteiger charge is -2.08. The SMILES string of the molecule is Clc1ccc(-c2cccc(Br)c2)cc1-c1ccccc1. The van der Waals surface area contributed by atoms with Gasteiger partial charge in [0.15, 0.2) is 0 Å². The predicted octanol–water partition coefficient (Wildman–Crippen LogP) is 6.44. The van der Waals surface area contributed by atoms with E-state index < -0.39 is 0 Å². The van der Waals surface area contributed by atoms with E-state index >= 15 is 0 Å². The van der Waals surface area contributed by atoms with Crippen molar-refractivity contribution >= 4 is 27.5 Å². The van der Waals surface area contributed by atoms with Crippen LogP contribution in [0.25, 0.3) is 22.3 Å². The Morgan fingerprint density at radius 1 is 0.650 bits per heavy atom. The minimum atomic E-state index is 0.773. The Balaban J connectivity index is 2.12. The molecule has 2 heteroatoms. The molecule has 20 heavy (non-hydrogen) atoms. The second-order valence-corrected chi connectivity index (χ2v) is 5.89. The molecule has 0 heterocycles. The fourth-order valence-electron chi connectivity index (χ4n) is 2.21. The van der Waals surface area contributed by atoms with E-state index in [4.69, 9.17) is 11.6 Å². The van der Waals surface area contributed by atoms with Crippen LogP contribution in [-0.4, -0.2) is 0 Å². The molecular formula is C18H12BrCl. The monoisotopic (exact) mass is 342 g/mol. The van der Waals surface area contributed by atoms with E-state index in [1.807, 2.05) is 36.4 Å². The van der Waals surface area contributed by atoms with E-state index in [-0.39, 0.29) is 0 Å². The van der Waals surface area contributed by atoms with E-state index in [1.165, 1.54) is 5.56 Å². The first kappa shape index (κ1) is 13.4. The summed E-state index contributed by atoms with van der Waals surface area (Å²) in [5.41, 5.74) is 4.53. The molecule has 0 radical (unpaired) electrons. The van der Waals surface area contributed by atoms with Crippen LogP contribution in [0.5, 0.6) is 0 Å². The van der Waals surface area contributed by atoms with E-state index in [0.29, 0.717) is 0 Å². The quantitative estimate of drug-likeness (QED) is 0.502. The van der Waals surface area contributed by atoms with Gasteiger partial charge in [0.2, 0.25) is 0 Å². The Morgan fingerprint density at radius 2 is 1.35 bits per heavy atom. The van der Waals surface area contributed by atoms with Gasteiger partial charge in [0, 0.05) is 15.1 Å². The van der Waals surface area contributed by atoms with Crippen LogP contribution in [0.4, 0.5) is 0 Å². The maximum Gasteiger partial charge on any atom is 0.0484 e. The summed E-state index contributed by atoms with van der Waals surface area (Å²) >= 11 is 9.85. The summed E-state index contributed by atoms with van der Waals surface area (Å²) in [4.78, 5) is 0. The van der Waals surface area contributed by atoms with E-state index in [2.05, 4.69) is 52.3 Å². The highest BCUT2D eigenvalue weighted by molar-refractivity contribution is 9.10. The van der Waals surface area contributed by atoms with Gasteiger partial charge in [0.05, 0.1) is 0 Å². The fraction of sp³-hybridized carbons (Fsp3) is 0. The van der Waals surface area contributed by atoms with Gasteiger partial charge in [-0.2, -0.15) is 0 Å². The van der Waals surface area contributed by atoms with Gasteiger partial charge in [-0.25, -0.2) is 0 Å². The molecule has 0 saturated carbocycles. The molecule has 0 aliphatic rings. The summed E-state index contributed by atoms with van der Waals surface area (Å²) in [6.07, 6.45) is 0. The zero-order valence-corrected chi connectivity index (χ0v) is 13.0. The largest absolute Gasteiger partial charge is 0.0837 e. The lowest BCUT2D eigenvalue weighted by atomic mass is 9.99. The van der Waals surface area contributed by atoms with Crippen LogP contribution in [0.1, 0.15) is 0 Å². The Hall–Kier alpha value is -1.57. The standard InChI is InChI=1S/C18H12BrCl/c19-16-8-4-7-14(11-16)15-9-10-18(20)17(12-15)13-5-2-1-3-6-13/h1-12H. The van der Waals surface area contributed by atoms with Gasteiger partial charge in [-0.05, 0) is 41.0 Å². The summed E-state index contributed by atoms with van der Waals surface area (Å²) in [7, 11) is 0. The zero-order valence-electron chi connectivity index (χ0n) is 10.7. The first-order valence-corrected chi connectivity index (χ1v) is 7.52. The Kier molecular flexibility index (Phi) is 3.90. The summed E-state index contributed by atoms with van der Waals surface area (Å²) in [6.45, 7) is 0. The summed E-state index contributed by atoms with van der Waals surface area (Å²) < 4.78 is 1.08. The highest BCUT2D eigenvalue weighted by Gasteiger charge is 2.06. The van der Waals surface area contributed by atoms with Crippen molar-refractivity contribution in [1.82, 2.24) is 0 Å². The number of rotatable bonds is 2. The van der Waals surface area contributed by atoms with Crippen LogP contribution in [0.2, 0.25) is 5.02 Å². The molecule has 0 N–H and O–H groups in total. The summed E-state index contributed by atoms with van der Waals surface area (Å²) in [6, 6.07) is 24.6. The molecule has 3 rings (SSSR count). The smallest absolute Gasteiger partial charge is 0.0484 e. The van der Waals surface area contributed by atoms with Crippen LogP contribution < -0.4 is 0 Å². The first-order chi connectivity index (χ1) is 9.74. The Morgan fingerprint density at radius 3 is 2.10 bits per heavy atom. The molecule has 0 nitrogen and oxygen atoms in total. The number of halogens is 2. The van der Waals surface area contributed by atoms with Crippen molar-refractivity contribution in [1.29, 1.82) is 0 Å². The average molecular weight is 344 g/mol. The lowest BCUT2D eigenvalue weighted by Crippen LogP contribution is -1.83. The number of hydrogen-bond donors (Lipinski definition) is 0.